The van der Waals surface area contributed by atoms with E-state index in [1.165, 1.54) is 12.0 Å². The lowest BCUT2D eigenvalue weighted by Crippen LogP contribution is -2.41. The molecule has 2 heterocycles. The van der Waals surface area contributed by atoms with E-state index in [4.69, 9.17) is 0 Å². The Morgan fingerprint density at radius 1 is 1.57 bits per heavy atom. The van der Waals surface area contributed by atoms with Crippen molar-refractivity contribution in [3.05, 3.63) is 22.3 Å². The molecule has 0 radical (unpaired) electrons. The van der Waals surface area contributed by atoms with Crippen LogP contribution in [0.4, 0.5) is 5.82 Å². The number of anilines is 1. The predicted octanol–water partition coefficient (Wildman–Crippen LogP) is 3.29. The highest BCUT2D eigenvalue weighted by atomic mass is 79.9. The third-order valence-corrected chi connectivity index (χ3v) is 4.33. The first-order chi connectivity index (χ1) is 10.1. The summed E-state index contributed by atoms with van der Waals surface area (Å²) >= 11 is 3.46. The van der Waals surface area contributed by atoms with Crippen molar-refractivity contribution in [3.63, 3.8) is 0 Å². The number of hydrogen-bond donors (Lipinski definition) is 1. The SMILES string of the molecule is CCCC(=O)NCC1CCCN(c2ncc(Br)cc2C)C1. The van der Waals surface area contributed by atoms with Gasteiger partial charge >= 0.3 is 0 Å². The van der Waals surface area contributed by atoms with Gasteiger partial charge in [0.1, 0.15) is 5.82 Å². The Kier molecular flexibility index (Phi) is 6.03. The summed E-state index contributed by atoms with van der Waals surface area (Å²) in [5, 5.41) is 3.06. The Labute approximate surface area is 135 Å². The van der Waals surface area contributed by atoms with E-state index in [-0.39, 0.29) is 5.91 Å². The number of amides is 1. The number of aryl methyl sites for hydroxylation is 1. The third-order valence-electron chi connectivity index (χ3n) is 3.90. The van der Waals surface area contributed by atoms with Crippen LogP contribution in [0.2, 0.25) is 0 Å². The van der Waals surface area contributed by atoms with Crippen LogP contribution in [-0.2, 0) is 4.79 Å². The maximum atomic E-state index is 11.6. The largest absolute Gasteiger partial charge is 0.356 e. The Morgan fingerprint density at radius 3 is 3.10 bits per heavy atom. The molecule has 4 nitrogen and oxygen atoms in total. The molecule has 1 N–H and O–H groups in total. The lowest BCUT2D eigenvalue weighted by atomic mass is 9.97. The van der Waals surface area contributed by atoms with Gasteiger partial charge in [-0.3, -0.25) is 4.79 Å². The molecular formula is C16H24BrN3O. The molecule has 21 heavy (non-hydrogen) atoms. The van der Waals surface area contributed by atoms with Gasteiger partial charge in [-0.15, -0.1) is 0 Å². The molecule has 1 aromatic rings. The van der Waals surface area contributed by atoms with Crippen molar-refractivity contribution in [2.75, 3.05) is 24.5 Å². The van der Waals surface area contributed by atoms with Gasteiger partial charge < -0.3 is 10.2 Å². The molecule has 116 valence electrons. The van der Waals surface area contributed by atoms with Crippen LogP contribution in [0.5, 0.6) is 0 Å². The van der Waals surface area contributed by atoms with Crippen LogP contribution in [-0.4, -0.2) is 30.5 Å². The molecule has 1 aliphatic rings. The molecular weight excluding hydrogens is 330 g/mol. The summed E-state index contributed by atoms with van der Waals surface area (Å²) in [6.45, 7) is 6.94. The molecule has 1 aliphatic heterocycles. The standard InChI is InChI=1S/C16H24BrN3O/c1-3-5-15(21)18-9-13-6-4-7-20(11-13)16-12(2)8-14(17)10-19-16/h8,10,13H,3-7,9,11H2,1-2H3,(H,18,21). The third kappa shape index (κ3) is 4.70. The van der Waals surface area contributed by atoms with Crippen LogP contribution in [0, 0.1) is 12.8 Å². The molecule has 0 aromatic carbocycles. The molecule has 1 fully saturated rings. The number of nitrogens with one attached hydrogen (secondary N) is 1. The van der Waals surface area contributed by atoms with Gasteiger partial charge in [-0.2, -0.15) is 0 Å². The molecule has 5 heteroatoms. The quantitative estimate of drug-likeness (QED) is 0.883. The second kappa shape index (κ2) is 7.78. The maximum Gasteiger partial charge on any atom is 0.219 e. The van der Waals surface area contributed by atoms with Gasteiger partial charge in [0.25, 0.3) is 0 Å². The van der Waals surface area contributed by atoms with Crippen LogP contribution in [0.15, 0.2) is 16.7 Å². The molecule has 1 amide bonds. The van der Waals surface area contributed by atoms with Crippen molar-refractivity contribution in [2.24, 2.45) is 5.92 Å². The first kappa shape index (κ1) is 16.3. The molecule has 2 rings (SSSR count). The lowest BCUT2D eigenvalue weighted by molar-refractivity contribution is -0.121. The highest BCUT2D eigenvalue weighted by molar-refractivity contribution is 9.10. The zero-order valence-corrected chi connectivity index (χ0v) is 14.4. The number of pyridine rings is 1. The second-order valence-corrected chi connectivity index (χ2v) is 6.72. The van der Waals surface area contributed by atoms with Crippen LogP contribution >= 0.6 is 15.9 Å². The number of piperidine rings is 1. The monoisotopic (exact) mass is 353 g/mol. The number of carbonyl (C=O) groups is 1. The zero-order valence-electron chi connectivity index (χ0n) is 12.9. The molecule has 0 bridgehead atoms. The first-order valence-electron chi connectivity index (χ1n) is 7.74. The summed E-state index contributed by atoms with van der Waals surface area (Å²) in [5.74, 6) is 1.76. The molecule has 0 saturated carbocycles. The fourth-order valence-electron chi connectivity index (χ4n) is 2.86. The lowest BCUT2D eigenvalue weighted by Gasteiger charge is -2.34. The minimum Gasteiger partial charge on any atom is -0.356 e. The van der Waals surface area contributed by atoms with Crippen molar-refractivity contribution in [3.8, 4) is 0 Å². The summed E-state index contributed by atoms with van der Waals surface area (Å²) in [5.41, 5.74) is 1.19. The highest BCUT2D eigenvalue weighted by Gasteiger charge is 2.22. The Hall–Kier alpha value is -1.10. The Bertz CT molecular complexity index is 492. The van der Waals surface area contributed by atoms with E-state index in [0.29, 0.717) is 12.3 Å². The van der Waals surface area contributed by atoms with E-state index < -0.39 is 0 Å². The topological polar surface area (TPSA) is 45.2 Å². The molecule has 1 aromatic heterocycles. The van der Waals surface area contributed by atoms with E-state index in [1.807, 2.05) is 13.1 Å². The smallest absolute Gasteiger partial charge is 0.219 e. The average Bonchev–Trinajstić information content (AvgIpc) is 2.46. The van der Waals surface area contributed by atoms with Gasteiger partial charge in [-0.05, 0) is 59.7 Å². The van der Waals surface area contributed by atoms with Gasteiger partial charge in [0.05, 0.1) is 0 Å². The van der Waals surface area contributed by atoms with Crippen LogP contribution < -0.4 is 10.2 Å². The van der Waals surface area contributed by atoms with Crippen LogP contribution in [0.25, 0.3) is 0 Å². The predicted molar refractivity (Wildman–Crippen MR) is 89.5 cm³/mol. The minimum absolute atomic E-state index is 0.174. The van der Waals surface area contributed by atoms with Crippen molar-refractivity contribution in [1.82, 2.24) is 10.3 Å². The average molecular weight is 354 g/mol. The summed E-state index contributed by atoms with van der Waals surface area (Å²) in [4.78, 5) is 18.5. The Balaban J connectivity index is 1.92. The number of hydrogen-bond acceptors (Lipinski definition) is 3. The van der Waals surface area contributed by atoms with Gasteiger partial charge in [0.2, 0.25) is 5.91 Å². The molecule has 0 aliphatic carbocycles. The van der Waals surface area contributed by atoms with Gasteiger partial charge in [-0.1, -0.05) is 6.92 Å². The number of rotatable bonds is 5. The summed E-state index contributed by atoms with van der Waals surface area (Å²) < 4.78 is 1.02. The zero-order chi connectivity index (χ0) is 15.2. The minimum atomic E-state index is 0.174. The van der Waals surface area contributed by atoms with E-state index in [0.717, 1.165) is 42.8 Å². The number of halogens is 1. The van der Waals surface area contributed by atoms with Crippen LogP contribution in [0.1, 0.15) is 38.2 Å². The van der Waals surface area contributed by atoms with Crippen molar-refractivity contribution in [1.29, 1.82) is 0 Å². The molecule has 1 saturated heterocycles. The summed E-state index contributed by atoms with van der Waals surface area (Å²) in [7, 11) is 0. The van der Waals surface area contributed by atoms with E-state index in [1.54, 1.807) is 0 Å². The number of nitrogens with zero attached hydrogens (tertiary/aromatic N) is 2. The van der Waals surface area contributed by atoms with Gasteiger partial charge in [0.15, 0.2) is 0 Å². The maximum absolute atomic E-state index is 11.6. The fraction of sp³-hybridized carbons (Fsp3) is 0.625. The number of carbonyl (C=O) groups excluding carboxylic acids is 1. The molecule has 1 unspecified atom stereocenters. The van der Waals surface area contributed by atoms with Gasteiger partial charge in [-0.25, -0.2) is 4.98 Å². The summed E-state index contributed by atoms with van der Waals surface area (Å²) in [6, 6.07) is 2.11. The first-order valence-corrected chi connectivity index (χ1v) is 8.53. The van der Waals surface area contributed by atoms with Crippen molar-refractivity contribution < 1.29 is 4.79 Å². The Morgan fingerprint density at radius 2 is 2.38 bits per heavy atom. The molecule has 0 spiro atoms. The van der Waals surface area contributed by atoms with E-state index in [9.17, 15) is 4.79 Å². The van der Waals surface area contributed by atoms with Crippen molar-refractivity contribution >= 4 is 27.7 Å². The normalized spacial score (nSPS) is 18.6. The van der Waals surface area contributed by atoms with Crippen molar-refractivity contribution in [2.45, 2.75) is 39.5 Å². The van der Waals surface area contributed by atoms with E-state index >= 15 is 0 Å². The fourth-order valence-corrected chi connectivity index (χ4v) is 3.31. The second-order valence-electron chi connectivity index (χ2n) is 5.80. The van der Waals surface area contributed by atoms with E-state index in [2.05, 4.69) is 44.1 Å². The highest BCUT2D eigenvalue weighted by Crippen LogP contribution is 2.25. The summed E-state index contributed by atoms with van der Waals surface area (Å²) in [6.07, 6.45) is 5.73. The van der Waals surface area contributed by atoms with Crippen LogP contribution in [0.3, 0.4) is 0 Å². The molecule has 1 atom stereocenters. The van der Waals surface area contributed by atoms with Gasteiger partial charge in [0, 0.05) is 36.7 Å². The number of aromatic nitrogens is 1.